The zero-order chi connectivity index (χ0) is 16.5. The standard InChI is InChI=1S/C20H25NO2/c1-2-16-8-6-9-17(14-16)15-20(23)21-19(12-7-13-22)18-10-4-3-5-11-18/h3-6,8-11,14,19,22H,2,7,12-13,15H2,1H3,(H,21,23). The highest BCUT2D eigenvalue weighted by atomic mass is 16.3. The van der Waals surface area contributed by atoms with Crippen LogP contribution in [0, 0.1) is 0 Å². The van der Waals surface area contributed by atoms with E-state index in [0.29, 0.717) is 12.8 Å². The lowest BCUT2D eigenvalue weighted by atomic mass is 10.0. The molecular weight excluding hydrogens is 286 g/mol. The Kier molecular flexibility index (Phi) is 6.82. The predicted molar refractivity (Wildman–Crippen MR) is 93.2 cm³/mol. The number of aryl methyl sites for hydroxylation is 1. The molecule has 0 saturated carbocycles. The molecule has 3 nitrogen and oxygen atoms in total. The van der Waals surface area contributed by atoms with Crippen LogP contribution in [-0.2, 0) is 17.6 Å². The first-order valence-electron chi connectivity index (χ1n) is 8.26. The number of amides is 1. The lowest BCUT2D eigenvalue weighted by Crippen LogP contribution is -2.30. The van der Waals surface area contributed by atoms with Gasteiger partial charge in [-0.25, -0.2) is 0 Å². The van der Waals surface area contributed by atoms with Gasteiger partial charge in [0.2, 0.25) is 5.91 Å². The van der Waals surface area contributed by atoms with Gasteiger partial charge in [-0.3, -0.25) is 4.79 Å². The second-order valence-electron chi connectivity index (χ2n) is 5.75. The van der Waals surface area contributed by atoms with E-state index in [1.165, 1.54) is 5.56 Å². The van der Waals surface area contributed by atoms with Gasteiger partial charge < -0.3 is 10.4 Å². The molecule has 0 fully saturated rings. The van der Waals surface area contributed by atoms with Crippen LogP contribution in [0.5, 0.6) is 0 Å². The molecule has 2 aromatic carbocycles. The van der Waals surface area contributed by atoms with Gasteiger partial charge in [0.05, 0.1) is 12.5 Å². The summed E-state index contributed by atoms with van der Waals surface area (Å²) in [6.45, 7) is 2.25. The lowest BCUT2D eigenvalue weighted by Gasteiger charge is -2.19. The SMILES string of the molecule is CCc1cccc(CC(=O)NC(CCCO)c2ccccc2)c1. The maximum absolute atomic E-state index is 12.4. The summed E-state index contributed by atoms with van der Waals surface area (Å²) in [5.74, 6) is 0.0186. The maximum atomic E-state index is 12.4. The molecule has 0 heterocycles. The van der Waals surface area contributed by atoms with Crippen LogP contribution >= 0.6 is 0 Å². The molecule has 1 unspecified atom stereocenters. The number of hydrogen-bond acceptors (Lipinski definition) is 2. The summed E-state index contributed by atoms with van der Waals surface area (Å²) in [6, 6.07) is 18.0. The Morgan fingerprint density at radius 2 is 1.83 bits per heavy atom. The van der Waals surface area contributed by atoms with Crippen LogP contribution in [-0.4, -0.2) is 17.6 Å². The second kappa shape index (κ2) is 9.11. The molecule has 0 aromatic heterocycles. The summed E-state index contributed by atoms with van der Waals surface area (Å²) < 4.78 is 0. The van der Waals surface area contributed by atoms with Gasteiger partial charge in [0.25, 0.3) is 0 Å². The van der Waals surface area contributed by atoms with Crippen molar-refractivity contribution < 1.29 is 9.90 Å². The Labute approximate surface area is 138 Å². The van der Waals surface area contributed by atoms with E-state index in [1.54, 1.807) is 0 Å². The summed E-state index contributed by atoms with van der Waals surface area (Å²) >= 11 is 0. The maximum Gasteiger partial charge on any atom is 0.224 e. The van der Waals surface area contributed by atoms with Crippen molar-refractivity contribution in [2.45, 2.75) is 38.6 Å². The average Bonchev–Trinajstić information content (AvgIpc) is 2.59. The number of carbonyl (C=O) groups excluding carboxylic acids is 1. The minimum Gasteiger partial charge on any atom is -0.396 e. The van der Waals surface area contributed by atoms with Gasteiger partial charge in [0.1, 0.15) is 0 Å². The van der Waals surface area contributed by atoms with E-state index in [2.05, 4.69) is 24.4 Å². The quantitative estimate of drug-likeness (QED) is 0.785. The number of rotatable bonds is 8. The van der Waals surface area contributed by atoms with Crippen molar-refractivity contribution >= 4 is 5.91 Å². The number of benzene rings is 2. The molecule has 1 atom stereocenters. The molecule has 0 spiro atoms. The molecule has 2 aromatic rings. The minimum absolute atomic E-state index is 0.0186. The number of nitrogens with one attached hydrogen (secondary N) is 1. The zero-order valence-electron chi connectivity index (χ0n) is 13.7. The highest BCUT2D eigenvalue weighted by Gasteiger charge is 2.14. The van der Waals surface area contributed by atoms with E-state index < -0.39 is 0 Å². The number of hydrogen-bond donors (Lipinski definition) is 2. The predicted octanol–water partition coefficient (Wildman–Crippen LogP) is 3.42. The highest BCUT2D eigenvalue weighted by Crippen LogP contribution is 2.18. The Morgan fingerprint density at radius 1 is 1.09 bits per heavy atom. The molecule has 2 N–H and O–H groups in total. The third-order valence-corrected chi connectivity index (χ3v) is 3.95. The summed E-state index contributed by atoms with van der Waals surface area (Å²) in [5, 5.41) is 12.2. The molecule has 0 radical (unpaired) electrons. The van der Waals surface area contributed by atoms with E-state index in [9.17, 15) is 4.79 Å². The van der Waals surface area contributed by atoms with Crippen LogP contribution in [0.25, 0.3) is 0 Å². The van der Waals surface area contributed by atoms with Crippen LogP contribution in [0.4, 0.5) is 0 Å². The van der Waals surface area contributed by atoms with Gasteiger partial charge in [-0.05, 0) is 36.0 Å². The van der Waals surface area contributed by atoms with E-state index in [1.807, 2.05) is 42.5 Å². The summed E-state index contributed by atoms with van der Waals surface area (Å²) in [4.78, 5) is 12.4. The monoisotopic (exact) mass is 311 g/mol. The summed E-state index contributed by atoms with van der Waals surface area (Å²) in [6.07, 6.45) is 2.77. The van der Waals surface area contributed by atoms with Crippen molar-refractivity contribution in [2.24, 2.45) is 0 Å². The van der Waals surface area contributed by atoms with Gasteiger partial charge in [-0.2, -0.15) is 0 Å². The Hall–Kier alpha value is -2.13. The first-order valence-corrected chi connectivity index (χ1v) is 8.26. The third-order valence-electron chi connectivity index (χ3n) is 3.95. The van der Waals surface area contributed by atoms with Crippen molar-refractivity contribution in [1.82, 2.24) is 5.32 Å². The Balaban J connectivity index is 2.02. The summed E-state index contributed by atoms with van der Waals surface area (Å²) in [5.41, 5.74) is 3.36. The molecule has 0 aliphatic rings. The molecule has 0 saturated heterocycles. The van der Waals surface area contributed by atoms with Crippen LogP contribution in [0.1, 0.15) is 42.5 Å². The van der Waals surface area contributed by atoms with Gasteiger partial charge in [-0.1, -0.05) is 61.5 Å². The van der Waals surface area contributed by atoms with E-state index >= 15 is 0 Å². The number of carbonyl (C=O) groups is 1. The molecule has 0 bridgehead atoms. The van der Waals surface area contributed by atoms with E-state index in [-0.39, 0.29) is 18.6 Å². The zero-order valence-corrected chi connectivity index (χ0v) is 13.7. The van der Waals surface area contributed by atoms with Gasteiger partial charge in [0.15, 0.2) is 0 Å². The highest BCUT2D eigenvalue weighted by molar-refractivity contribution is 5.79. The van der Waals surface area contributed by atoms with Crippen molar-refractivity contribution in [3.63, 3.8) is 0 Å². The number of aliphatic hydroxyl groups excluding tert-OH is 1. The van der Waals surface area contributed by atoms with Crippen molar-refractivity contribution in [3.05, 3.63) is 71.3 Å². The van der Waals surface area contributed by atoms with Crippen molar-refractivity contribution in [1.29, 1.82) is 0 Å². The molecular formula is C20H25NO2. The van der Waals surface area contributed by atoms with Crippen LogP contribution in [0.15, 0.2) is 54.6 Å². The second-order valence-corrected chi connectivity index (χ2v) is 5.75. The van der Waals surface area contributed by atoms with Crippen LogP contribution < -0.4 is 5.32 Å². The van der Waals surface area contributed by atoms with Crippen LogP contribution in [0.2, 0.25) is 0 Å². The molecule has 1 amide bonds. The Morgan fingerprint density at radius 3 is 2.52 bits per heavy atom. The fourth-order valence-corrected chi connectivity index (χ4v) is 2.69. The fraction of sp³-hybridized carbons (Fsp3) is 0.350. The molecule has 2 rings (SSSR count). The van der Waals surface area contributed by atoms with Gasteiger partial charge in [0, 0.05) is 6.61 Å². The first-order chi connectivity index (χ1) is 11.2. The van der Waals surface area contributed by atoms with Crippen molar-refractivity contribution in [2.75, 3.05) is 6.61 Å². The largest absolute Gasteiger partial charge is 0.396 e. The molecule has 122 valence electrons. The van der Waals surface area contributed by atoms with E-state index in [4.69, 9.17) is 5.11 Å². The lowest BCUT2D eigenvalue weighted by molar-refractivity contribution is -0.121. The number of aliphatic hydroxyl groups is 1. The average molecular weight is 311 g/mol. The smallest absolute Gasteiger partial charge is 0.224 e. The Bertz CT molecular complexity index is 610. The third kappa shape index (κ3) is 5.53. The summed E-state index contributed by atoms with van der Waals surface area (Å²) in [7, 11) is 0. The van der Waals surface area contributed by atoms with Crippen LogP contribution in [0.3, 0.4) is 0 Å². The molecule has 23 heavy (non-hydrogen) atoms. The minimum atomic E-state index is -0.0507. The molecule has 3 heteroatoms. The molecule has 0 aliphatic carbocycles. The van der Waals surface area contributed by atoms with Gasteiger partial charge in [-0.15, -0.1) is 0 Å². The van der Waals surface area contributed by atoms with Gasteiger partial charge >= 0.3 is 0 Å². The topological polar surface area (TPSA) is 49.3 Å². The van der Waals surface area contributed by atoms with Crippen molar-refractivity contribution in [3.8, 4) is 0 Å². The first kappa shape index (κ1) is 17.2. The molecule has 0 aliphatic heterocycles. The normalized spacial score (nSPS) is 11.9. The fourth-order valence-electron chi connectivity index (χ4n) is 2.69. The van der Waals surface area contributed by atoms with E-state index in [0.717, 1.165) is 24.0 Å².